The number of ether oxygens (including phenoxy) is 2. The highest BCUT2D eigenvalue weighted by Crippen LogP contribution is 2.16. The first-order valence-electron chi connectivity index (χ1n) is 7.80. The topological polar surface area (TPSA) is 38.8 Å². The average molecular weight is 291 g/mol. The van der Waals surface area contributed by atoms with Crippen LogP contribution in [0.3, 0.4) is 0 Å². The van der Waals surface area contributed by atoms with Crippen LogP contribution in [0.2, 0.25) is 0 Å². The molecule has 0 radical (unpaired) electrons. The molecule has 4 nitrogen and oxygen atoms in total. The summed E-state index contributed by atoms with van der Waals surface area (Å²) in [6.07, 6.45) is 3.46. The zero-order valence-electron chi connectivity index (χ0n) is 12.8. The Morgan fingerprint density at radius 2 is 2.14 bits per heavy atom. The van der Waals surface area contributed by atoms with Crippen molar-refractivity contribution in [2.45, 2.75) is 38.6 Å². The van der Waals surface area contributed by atoms with Crippen molar-refractivity contribution in [1.29, 1.82) is 0 Å². The van der Waals surface area contributed by atoms with Gasteiger partial charge >= 0.3 is 0 Å². The quantitative estimate of drug-likeness (QED) is 0.691. The Kier molecular flexibility index (Phi) is 6.70. The monoisotopic (exact) mass is 291 g/mol. The van der Waals surface area contributed by atoms with Gasteiger partial charge in [0, 0.05) is 6.61 Å². The van der Waals surface area contributed by atoms with Gasteiger partial charge in [-0.25, -0.2) is 0 Å². The van der Waals surface area contributed by atoms with E-state index in [1.165, 1.54) is 5.56 Å². The number of unbranched alkanes of at least 4 members (excludes halogenated alkanes) is 1. The standard InChI is InChI=1S/C17H25NO3/c1-2-3-10-20-11-9-17(19)18-14-21-13-16(18)12-15-7-5-4-6-8-15/h4-8,16H,2-3,9-14H2,1H3/t16-/m0/s1. The lowest BCUT2D eigenvalue weighted by Gasteiger charge is -2.22. The van der Waals surface area contributed by atoms with E-state index in [0.717, 1.165) is 25.9 Å². The Bertz CT molecular complexity index is 421. The van der Waals surface area contributed by atoms with E-state index in [1.54, 1.807) is 0 Å². The number of amides is 1. The fraction of sp³-hybridized carbons (Fsp3) is 0.588. The predicted molar refractivity (Wildman–Crippen MR) is 81.9 cm³/mol. The van der Waals surface area contributed by atoms with Crippen molar-refractivity contribution >= 4 is 5.91 Å². The predicted octanol–water partition coefficient (Wildman–Crippen LogP) is 2.62. The summed E-state index contributed by atoms with van der Waals surface area (Å²) in [6, 6.07) is 10.4. The normalized spacial score (nSPS) is 18.1. The summed E-state index contributed by atoms with van der Waals surface area (Å²) >= 11 is 0. The molecular weight excluding hydrogens is 266 g/mol. The molecule has 0 unspecified atom stereocenters. The number of carbonyl (C=O) groups excluding carboxylic acids is 1. The molecule has 1 heterocycles. The van der Waals surface area contributed by atoms with Crippen molar-refractivity contribution in [3.8, 4) is 0 Å². The van der Waals surface area contributed by atoms with Gasteiger partial charge in [0.15, 0.2) is 0 Å². The van der Waals surface area contributed by atoms with Crippen LogP contribution < -0.4 is 0 Å². The van der Waals surface area contributed by atoms with Gasteiger partial charge in [-0.05, 0) is 18.4 Å². The van der Waals surface area contributed by atoms with Gasteiger partial charge in [0.25, 0.3) is 0 Å². The maximum atomic E-state index is 12.2. The van der Waals surface area contributed by atoms with E-state index in [2.05, 4.69) is 19.1 Å². The third-order valence-electron chi connectivity index (χ3n) is 3.72. The fourth-order valence-corrected chi connectivity index (χ4v) is 2.46. The Morgan fingerprint density at radius 3 is 2.90 bits per heavy atom. The van der Waals surface area contributed by atoms with E-state index in [0.29, 0.717) is 26.4 Å². The fourth-order valence-electron chi connectivity index (χ4n) is 2.46. The molecular formula is C17H25NO3. The number of carbonyl (C=O) groups is 1. The van der Waals surface area contributed by atoms with Gasteiger partial charge in [0.1, 0.15) is 6.73 Å². The average Bonchev–Trinajstić information content (AvgIpc) is 2.96. The zero-order chi connectivity index (χ0) is 14.9. The van der Waals surface area contributed by atoms with E-state index in [4.69, 9.17) is 9.47 Å². The minimum absolute atomic E-state index is 0.130. The molecule has 1 aromatic rings. The van der Waals surface area contributed by atoms with Gasteiger partial charge in [-0.1, -0.05) is 43.7 Å². The smallest absolute Gasteiger partial charge is 0.227 e. The molecule has 0 saturated carbocycles. The lowest BCUT2D eigenvalue weighted by molar-refractivity contribution is -0.134. The Hall–Kier alpha value is -1.39. The minimum Gasteiger partial charge on any atom is -0.381 e. The molecule has 2 rings (SSSR count). The van der Waals surface area contributed by atoms with E-state index < -0.39 is 0 Å². The lowest BCUT2D eigenvalue weighted by atomic mass is 10.1. The van der Waals surface area contributed by atoms with Gasteiger partial charge < -0.3 is 14.4 Å². The second-order valence-corrected chi connectivity index (χ2v) is 5.42. The summed E-state index contributed by atoms with van der Waals surface area (Å²) in [5.41, 5.74) is 1.24. The van der Waals surface area contributed by atoms with Gasteiger partial charge in [-0.15, -0.1) is 0 Å². The van der Waals surface area contributed by atoms with E-state index >= 15 is 0 Å². The molecule has 21 heavy (non-hydrogen) atoms. The number of nitrogens with zero attached hydrogens (tertiary/aromatic N) is 1. The highest BCUT2D eigenvalue weighted by atomic mass is 16.5. The Balaban J connectivity index is 1.77. The third-order valence-corrected chi connectivity index (χ3v) is 3.72. The third kappa shape index (κ3) is 5.14. The van der Waals surface area contributed by atoms with Crippen LogP contribution in [0.25, 0.3) is 0 Å². The molecule has 0 bridgehead atoms. The van der Waals surface area contributed by atoms with Crippen molar-refractivity contribution in [2.24, 2.45) is 0 Å². The number of hydrogen-bond donors (Lipinski definition) is 0. The van der Waals surface area contributed by atoms with Crippen LogP contribution in [-0.4, -0.2) is 43.4 Å². The zero-order valence-corrected chi connectivity index (χ0v) is 12.8. The van der Waals surface area contributed by atoms with Crippen molar-refractivity contribution in [3.05, 3.63) is 35.9 Å². The second kappa shape index (κ2) is 8.80. The first kappa shape index (κ1) is 16.0. The van der Waals surface area contributed by atoms with Crippen molar-refractivity contribution in [2.75, 3.05) is 26.6 Å². The maximum absolute atomic E-state index is 12.2. The number of hydrogen-bond acceptors (Lipinski definition) is 3. The molecule has 1 aliphatic rings. The number of benzene rings is 1. The van der Waals surface area contributed by atoms with Gasteiger partial charge in [0.05, 0.1) is 25.7 Å². The summed E-state index contributed by atoms with van der Waals surface area (Å²) in [7, 11) is 0. The van der Waals surface area contributed by atoms with Crippen LogP contribution in [0.5, 0.6) is 0 Å². The Morgan fingerprint density at radius 1 is 1.33 bits per heavy atom. The van der Waals surface area contributed by atoms with E-state index in [-0.39, 0.29) is 11.9 Å². The van der Waals surface area contributed by atoms with Crippen molar-refractivity contribution in [3.63, 3.8) is 0 Å². The molecule has 4 heteroatoms. The molecule has 1 aromatic carbocycles. The van der Waals surface area contributed by atoms with Crippen LogP contribution in [0.15, 0.2) is 30.3 Å². The summed E-state index contributed by atoms with van der Waals surface area (Å²) in [5.74, 6) is 0.130. The SMILES string of the molecule is CCCCOCCC(=O)N1COC[C@@H]1Cc1ccccc1. The molecule has 0 aromatic heterocycles. The van der Waals surface area contributed by atoms with Crippen LogP contribution in [0.1, 0.15) is 31.7 Å². The molecule has 116 valence electrons. The molecule has 1 aliphatic heterocycles. The molecule has 1 fully saturated rings. The summed E-state index contributed by atoms with van der Waals surface area (Å²) < 4.78 is 10.9. The maximum Gasteiger partial charge on any atom is 0.227 e. The molecule has 0 N–H and O–H groups in total. The molecule has 0 spiro atoms. The van der Waals surface area contributed by atoms with E-state index in [9.17, 15) is 4.79 Å². The number of rotatable bonds is 8. The highest BCUT2D eigenvalue weighted by Gasteiger charge is 2.29. The molecule has 0 aliphatic carbocycles. The van der Waals surface area contributed by atoms with Gasteiger partial charge in [-0.3, -0.25) is 4.79 Å². The summed E-state index contributed by atoms with van der Waals surface area (Å²) in [5, 5.41) is 0. The Labute approximate surface area is 127 Å². The minimum atomic E-state index is 0.130. The lowest BCUT2D eigenvalue weighted by Crippen LogP contribution is -2.38. The van der Waals surface area contributed by atoms with Crippen LogP contribution in [0.4, 0.5) is 0 Å². The molecule has 1 atom stereocenters. The van der Waals surface area contributed by atoms with Crippen molar-refractivity contribution < 1.29 is 14.3 Å². The first-order valence-corrected chi connectivity index (χ1v) is 7.80. The van der Waals surface area contributed by atoms with Crippen LogP contribution in [0, 0.1) is 0 Å². The van der Waals surface area contributed by atoms with Gasteiger partial charge in [0.2, 0.25) is 5.91 Å². The summed E-state index contributed by atoms with van der Waals surface area (Å²) in [6.45, 7) is 4.41. The van der Waals surface area contributed by atoms with Crippen molar-refractivity contribution in [1.82, 2.24) is 4.90 Å². The summed E-state index contributed by atoms with van der Waals surface area (Å²) in [4.78, 5) is 14.1. The van der Waals surface area contributed by atoms with Crippen LogP contribution >= 0.6 is 0 Å². The molecule has 1 amide bonds. The highest BCUT2D eigenvalue weighted by molar-refractivity contribution is 5.76. The largest absolute Gasteiger partial charge is 0.381 e. The van der Waals surface area contributed by atoms with E-state index in [1.807, 2.05) is 23.1 Å². The van der Waals surface area contributed by atoms with Crippen LogP contribution in [-0.2, 0) is 20.7 Å². The second-order valence-electron chi connectivity index (χ2n) is 5.42. The molecule has 1 saturated heterocycles. The van der Waals surface area contributed by atoms with Gasteiger partial charge in [-0.2, -0.15) is 0 Å². The first-order chi connectivity index (χ1) is 10.3.